The van der Waals surface area contributed by atoms with Gasteiger partial charge in [-0.05, 0) is 31.4 Å². The lowest BCUT2D eigenvalue weighted by molar-refractivity contribution is 0.0652. The predicted octanol–water partition coefficient (Wildman–Crippen LogP) is 3.20. The van der Waals surface area contributed by atoms with E-state index < -0.39 is 0 Å². The Morgan fingerprint density at radius 1 is 1.41 bits per heavy atom. The topological polar surface area (TPSA) is 46.3 Å². The van der Waals surface area contributed by atoms with Crippen LogP contribution in [0.2, 0.25) is 10.0 Å². The highest BCUT2D eigenvalue weighted by molar-refractivity contribution is 6.44. The molecule has 0 unspecified atom stereocenters. The van der Waals surface area contributed by atoms with E-state index in [-0.39, 0.29) is 10.9 Å². The molecule has 1 aromatic carbocycles. The molecule has 1 aliphatic carbocycles. The lowest BCUT2D eigenvalue weighted by Crippen LogP contribution is -2.41. The van der Waals surface area contributed by atoms with Crippen LogP contribution in [0.1, 0.15) is 29.6 Å². The van der Waals surface area contributed by atoms with E-state index in [1.54, 1.807) is 24.1 Å². The van der Waals surface area contributed by atoms with Crippen molar-refractivity contribution >= 4 is 34.8 Å². The van der Waals surface area contributed by atoms with Crippen molar-refractivity contribution in [2.75, 3.05) is 12.8 Å². The molecule has 0 heterocycles. The van der Waals surface area contributed by atoms with Crippen LogP contribution in [0.4, 0.5) is 5.69 Å². The highest BCUT2D eigenvalue weighted by Crippen LogP contribution is 2.31. The monoisotopic (exact) mass is 272 g/mol. The highest BCUT2D eigenvalue weighted by Gasteiger charge is 2.27. The second-order valence-electron chi connectivity index (χ2n) is 4.37. The summed E-state index contributed by atoms with van der Waals surface area (Å²) >= 11 is 11.9. The summed E-state index contributed by atoms with van der Waals surface area (Å²) in [5, 5.41) is 0.592. The van der Waals surface area contributed by atoms with E-state index in [2.05, 4.69) is 0 Å². The molecule has 0 saturated heterocycles. The van der Waals surface area contributed by atoms with Crippen molar-refractivity contribution in [1.82, 2.24) is 4.90 Å². The van der Waals surface area contributed by atoms with E-state index in [1.165, 1.54) is 6.42 Å². The van der Waals surface area contributed by atoms with Gasteiger partial charge >= 0.3 is 0 Å². The molecule has 2 rings (SSSR count). The number of hydrogen-bond acceptors (Lipinski definition) is 2. The number of hydrogen-bond donors (Lipinski definition) is 1. The lowest BCUT2D eigenvalue weighted by atomic mass is 9.91. The van der Waals surface area contributed by atoms with Crippen LogP contribution >= 0.6 is 23.2 Å². The molecule has 92 valence electrons. The van der Waals surface area contributed by atoms with Gasteiger partial charge in [0.15, 0.2) is 0 Å². The fraction of sp³-hybridized carbons (Fsp3) is 0.417. The molecule has 1 aliphatic rings. The number of anilines is 1. The molecule has 0 atom stereocenters. The summed E-state index contributed by atoms with van der Waals surface area (Å²) in [6.45, 7) is 0. The number of nitrogens with zero attached hydrogens (tertiary/aromatic N) is 1. The summed E-state index contributed by atoms with van der Waals surface area (Å²) < 4.78 is 0. The summed E-state index contributed by atoms with van der Waals surface area (Å²) in [5.74, 6) is -0.117. The molecule has 0 radical (unpaired) electrons. The maximum absolute atomic E-state index is 12.2. The molecule has 3 nitrogen and oxygen atoms in total. The Hall–Kier alpha value is -0.930. The molecular weight excluding hydrogens is 259 g/mol. The van der Waals surface area contributed by atoms with Gasteiger partial charge in [0.25, 0.3) is 5.91 Å². The van der Waals surface area contributed by atoms with Gasteiger partial charge in [-0.15, -0.1) is 0 Å². The molecule has 17 heavy (non-hydrogen) atoms. The Morgan fingerprint density at radius 2 is 2.06 bits per heavy atom. The van der Waals surface area contributed by atoms with Crippen molar-refractivity contribution in [3.8, 4) is 0 Å². The van der Waals surface area contributed by atoms with Crippen molar-refractivity contribution in [3.63, 3.8) is 0 Å². The van der Waals surface area contributed by atoms with Gasteiger partial charge in [0.1, 0.15) is 0 Å². The summed E-state index contributed by atoms with van der Waals surface area (Å²) in [5.41, 5.74) is 6.50. The minimum absolute atomic E-state index is 0.117. The van der Waals surface area contributed by atoms with E-state index in [4.69, 9.17) is 28.9 Å². The molecule has 0 spiro atoms. The van der Waals surface area contributed by atoms with Crippen LogP contribution in [0.25, 0.3) is 0 Å². The normalized spacial score (nSPS) is 15.5. The summed E-state index contributed by atoms with van der Waals surface area (Å²) in [6.07, 6.45) is 3.28. The van der Waals surface area contributed by atoms with Gasteiger partial charge in [0.2, 0.25) is 0 Å². The largest absolute Gasteiger partial charge is 0.399 e. The molecule has 1 aromatic rings. The maximum Gasteiger partial charge on any atom is 0.255 e. The summed E-state index contributed by atoms with van der Waals surface area (Å²) in [4.78, 5) is 14.0. The first-order valence-corrected chi connectivity index (χ1v) is 6.28. The van der Waals surface area contributed by atoms with Gasteiger partial charge in [-0.25, -0.2) is 0 Å². The number of carbonyl (C=O) groups is 1. The van der Waals surface area contributed by atoms with Gasteiger partial charge in [0.05, 0.1) is 15.6 Å². The molecule has 1 saturated carbocycles. The third kappa shape index (κ3) is 2.35. The number of amides is 1. The predicted molar refractivity (Wildman–Crippen MR) is 70.6 cm³/mol. The molecule has 2 N–H and O–H groups in total. The Bertz CT molecular complexity index is 458. The number of halogens is 2. The van der Waals surface area contributed by atoms with Crippen molar-refractivity contribution in [3.05, 3.63) is 27.7 Å². The molecular formula is C12H14Cl2N2O. The first kappa shape index (κ1) is 12.5. The number of carbonyl (C=O) groups excluding carboxylic acids is 1. The quantitative estimate of drug-likeness (QED) is 0.841. The standard InChI is InChI=1S/C12H14Cl2N2O/c1-16(8-3-2-4-8)12(17)9-5-7(15)6-10(13)11(9)14/h5-6,8H,2-4,15H2,1H3. The molecule has 0 aliphatic heterocycles. The van der Waals surface area contributed by atoms with Gasteiger partial charge in [0, 0.05) is 18.8 Å². The molecule has 1 amide bonds. The smallest absolute Gasteiger partial charge is 0.255 e. The van der Waals surface area contributed by atoms with E-state index in [1.807, 2.05) is 0 Å². The highest BCUT2D eigenvalue weighted by atomic mass is 35.5. The SMILES string of the molecule is CN(C(=O)c1cc(N)cc(Cl)c1Cl)C1CCC1. The molecule has 5 heteroatoms. The van der Waals surface area contributed by atoms with Gasteiger partial charge in [-0.3, -0.25) is 4.79 Å². The van der Waals surface area contributed by atoms with Crippen molar-refractivity contribution < 1.29 is 4.79 Å². The second kappa shape index (κ2) is 4.75. The zero-order valence-electron chi connectivity index (χ0n) is 9.54. The first-order chi connectivity index (χ1) is 8.00. The van der Waals surface area contributed by atoms with Crippen LogP contribution in [-0.2, 0) is 0 Å². The van der Waals surface area contributed by atoms with Crippen LogP contribution in [0.15, 0.2) is 12.1 Å². The Morgan fingerprint density at radius 3 is 2.59 bits per heavy atom. The zero-order valence-corrected chi connectivity index (χ0v) is 11.1. The van der Waals surface area contributed by atoms with E-state index in [0.717, 1.165) is 12.8 Å². The minimum atomic E-state index is -0.117. The van der Waals surface area contributed by atoms with Crippen LogP contribution in [0.3, 0.4) is 0 Å². The van der Waals surface area contributed by atoms with Crippen molar-refractivity contribution in [2.24, 2.45) is 0 Å². The Kier molecular flexibility index (Phi) is 3.50. The minimum Gasteiger partial charge on any atom is -0.399 e. The summed E-state index contributed by atoms with van der Waals surface area (Å²) in [7, 11) is 1.79. The van der Waals surface area contributed by atoms with E-state index >= 15 is 0 Å². The third-order valence-corrected chi connectivity index (χ3v) is 4.03. The average molecular weight is 273 g/mol. The van der Waals surface area contributed by atoms with Crippen LogP contribution in [0, 0.1) is 0 Å². The van der Waals surface area contributed by atoms with Crippen LogP contribution in [0.5, 0.6) is 0 Å². The molecule has 0 aromatic heterocycles. The fourth-order valence-electron chi connectivity index (χ4n) is 1.90. The third-order valence-electron chi connectivity index (χ3n) is 3.22. The molecule has 0 bridgehead atoms. The van der Waals surface area contributed by atoms with Crippen LogP contribution < -0.4 is 5.73 Å². The van der Waals surface area contributed by atoms with Gasteiger partial charge in [-0.2, -0.15) is 0 Å². The number of benzene rings is 1. The summed E-state index contributed by atoms with van der Waals surface area (Å²) in [6, 6.07) is 3.44. The fourth-order valence-corrected chi connectivity index (χ4v) is 2.31. The second-order valence-corrected chi connectivity index (χ2v) is 5.15. The van der Waals surface area contributed by atoms with Crippen molar-refractivity contribution in [2.45, 2.75) is 25.3 Å². The molecule has 1 fully saturated rings. The Labute approximate surface area is 110 Å². The van der Waals surface area contributed by atoms with Gasteiger partial charge < -0.3 is 10.6 Å². The maximum atomic E-state index is 12.2. The average Bonchev–Trinajstić information content (AvgIpc) is 2.19. The van der Waals surface area contributed by atoms with Crippen molar-refractivity contribution in [1.29, 1.82) is 0 Å². The number of rotatable bonds is 2. The van der Waals surface area contributed by atoms with Gasteiger partial charge in [-0.1, -0.05) is 23.2 Å². The first-order valence-electron chi connectivity index (χ1n) is 5.52. The lowest BCUT2D eigenvalue weighted by Gasteiger charge is -2.35. The van der Waals surface area contributed by atoms with E-state index in [9.17, 15) is 4.79 Å². The zero-order chi connectivity index (χ0) is 12.6. The number of nitrogen functional groups attached to an aromatic ring is 1. The Balaban J connectivity index is 2.29. The van der Waals surface area contributed by atoms with E-state index in [0.29, 0.717) is 22.3 Å². The number of nitrogens with two attached hydrogens (primary N) is 1. The van der Waals surface area contributed by atoms with Crippen LogP contribution in [-0.4, -0.2) is 23.9 Å².